The number of methoxy groups -OCH3 is 1. The summed E-state index contributed by atoms with van der Waals surface area (Å²) in [6, 6.07) is 6.11. The molecule has 1 aliphatic carbocycles. The molecular formula is C13H8F5NO3. The van der Waals surface area contributed by atoms with Crippen molar-refractivity contribution in [3.8, 4) is 0 Å². The van der Waals surface area contributed by atoms with E-state index < -0.39 is 45.2 Å². The maximum Gasteiger partial charge on any atom is 0.476 e. The molecule has 2 unspecified atom stereocenters. The minimum atomic E-state index is -4.76. The second kappa shape index (κ2) is 5.16. The van der Waals surface area contributed by atoms with E-state index >= 15 is 0 Å². The molecule has 0 amide bonds. The molecule has 0 spiro atoms. The quantitative estimate of drug-likeness (QED) is 0.368. The van der Waals surface area contributed by atoms with Gasteiger partial charge in [0.15, 0.2) is 5.83 Å². The molecule has 0 fully saturated rings. The van der Waals surface area contributed by atoms with Gasteiger partial charge in [0, 0.05) is 7.11 Å². The molecule has 0 N–H and O–H groups in total. The molecule has 2 rings (SSSR count). The van der Waals surface area contributed by atoms with Crippen molar-refractivity contribution in [1.82, 2.24) is 0 Å². The molecular weight excluding hydrogens is 313 g/mol. The first-order chi connectivity index (χ1) is 10.2. The Kier molecular flexibility index (Phi) is 3.78. The predicted octanol–water partition coefficient (Wildman–Crippen LogP) is 3.79. The molecule has 0 radical (unpaired) electrons. The molecule has 2 atom stereocenters. The van der Waals surface area contributed by atoms with Crippen LogP contribution in [0, 0.1) is 10.1 Å². The minimum Gasteiger partial charge on any atom is -0.335 e. The van der Waals surface area contributed by atoms with E-state index in [1.807, 2.05) is 0 Å². The highest BCUT2D eigenvalue weighted by atomic mass is 19.2. The average Bonchev–Trinajstić information content (AvgIpc) is 2.52. The first-order valence-corrected chi connectivity index (χ1v) is 5.81. The Morgan fingerprint density at radius 1 is 1.09 bits per heavy atom. The standard InChI is InChI=1S/C13H8F5NO3/c1-22-13(18)11(16)9(14)8(7-5-3-2-4-6-7)10(15)12(13,17)19(20)21/h2-6H,1H3. The number of ether oxygens (including phenoxy) is 1. The second-order valence-corrected chi connectivity index (χ2v) is 4.36. The molecule has 0 aromatic heterocycles. The fraction of sp³-hybridized carbons (Fsp3) is 0.231. The molecule has 0 saturated carbocycles. The van der Waals surface area contributed by atoms with E-state index in [0.717, 1.165) is 12.1 Å². The number of nitrogens with zero attached hydrogens (tertiary/aromatic N) is 1. The second-order valence-electron chi connectivity index (χ2n) is 4.36. The maximum atomic E-state index is 14.4. The van der Waals surface area contributed by atoms with Gasteiger partial charge in [-0.25, -0.2) is 8.78 Å². The number of allylic oxidation sites excluding steroid dienone is 2. The van der Waals surface area contributed by atoms with Crippen LogP contribution >= 0.6 is 0 Å². The van der Waals surface area contributed by atoms with Crippen LogP contribution in [0.5, 0.6) is 0 Å². The third kappa shape index (κ3) is 1.85. The van der Waals surface area contributed by atoms with Gasteiger partial charge in [-0.1, -0.05) is 30.3 Å². The van der Waals surface area contributed by atoms with Crippen molar-refractivity contribution >= 4 is 5.57 Å². The summed E-state index contributed by atoms with van der Waals surface area (Å²) < 4.78 is 74.4. The molecule has 1 aliphatic rings. The SMILES string of the molecule is COC1(F)C(F)=C(F)C(c2ccccc2)=C(F)C1(F)[N+](=O)[O-]. The molecule has 22 heavy (non-hydrogen) atoms. The molecule has 1 aromatic carbocycles. The molecule has 1 aromatic rings. The van der Waals surface area contributed by atoms with E-state index in [1.54, 1.807) is 0 Å². The molecule has 0 heterocycles. The van der Waals surface area contributed by atoms with Crippen molar-refractivity contribution in [3.63, 3.8) is 0 Å². The van der Waals surface area contributed by atoms with Crippen molar-refractivity contribution in [3.05, 3.63) is 63.5 Å². The zero-order chi connectivity index (χ0) is 16.7. The summed E-state index contributed by atoms with van der Waals surface area (Å²) in [5.41, 5.74) is -1.77. The third-order valence-electron chi connectivity index (χ3n) is 3.23. The molecule has 4 nitrogen and oxygen atoms in total. The van der Waals surface area contributed by atoms with E-state index in [1.165, 1.54) is 18.2 Å². The fourth-order valence-electron chi connectivity index (χ4n) is 2.08. The highest BCUT2D eigenvalue weighted by Gasteiger charge is 2.76. The van der Waals surface area contributed by atoms with Gasteiger partial charge < -0.3 is 4.74 Å². The highest BCUT2D eigenvalue weighted by Crippen LogP contribution is 2.53. The number of hydrogen-bond donors (Lipinski definition) is 0. The smallest absolute Gasteiger partial charge is 0.335 e. The predicted molar refractivity (Wildman–Crippen MR) is 65.4 cm³/mol. The van der Waals surface area contributed by atoms with Gasteiger partial charge in [-0.2, -0.15) is 13.2 Å². The van der Waals surface area contributed by atoms with Gasteiger partial charge in [0.05, 0.1) is 10.5 Å². The van der Waals surface area contributed by atoms with E-state index in [-0.39, 0.29) is 0 Å². The number of alkyl halides is 2. The van der Waals surface area contributed by atoms with Gasteiger partial charge in [0.25, 0.3) is 0 Å². The van der Waals surface area contributed by atoms with Crippen molar-refractivity contribution in [2.24, 2.45) is 0 Å². The lowest BCUT2D eigenvalue weighted by atomic mass is 9.89. The van der Waals surface area contributed by atoms with Crippen LogP contribution in [0.15, 0.2) is 47.8 Å². The zero-order valence-electron chi connectivity index (χ0n) is 10.9. The Bertz CT molecular complexity index is 690. The van der Waals surface area contributed by atoms with Crippen LogP contribution < -0.4 is 0 Å². The maximum absolute atomic E-state index is 14.4. The van der Waals surface area contributed by atoms with Gasteiger partial charge >= 0.3 is 11.6 Å². The fourth-order valence-corrected chi connectivity index (χ4v) is 2.08. The Hall–Kier alpha value is -2.29. The highest BCUT2D eigenvalue weighted by molar-refractivity contribution is 5.82. The van der Waals surface area contributed by atoms with E-state index in [9.17, 15) is 32.1 Å². The lowest BCUT2D eigenvalue weighted by Gasteiger charge is -2.32. The first kappa shape index (κ1) is 16.1. The van der Waals surface area contributed by atoms with Gasteiger partial charge in [0.2, 0.25) is 11.7 Å². The number of benzene rings is 1. The number of rotatable bonds is 3. The normalized spacial score (nSPS) is 29.0. The van der Waals surface area contributed by atoms with Crippen LogP contribution in [0.1, 0.15) is 5.56 Å². The van der Waals surface area contributed by atoms with Crippen molar-refractivity contribution in [1.29, 1.82) is 0 Å². The summed E-state index contributed by atoms with van der Waals surface area (Å²) in [5.74, 6) is -16.4. The van der Waals surface area contributed by atoms with Crippen LogP contribution in [0.25, 0.3) is 5.57 Å². The molecule has 0 bridgehead atoms. The van der Waals surface area contributed by atoms with Gasteiger partial charge in [-0.05, 0) is 5.56 Å². The summed E-state index contributed by atoms with van der Waals surface area (Å²) in [5, 5.41) is 10.8. The topological polar surface area (TPSA) is 52.4 Å². The van der Waals surface area contributed by atoms with Crippen LogP contribution in [0.4, 0.5) is 22.0 Å². The summed E-state index contributed by atoms with van der Waals surface area (Å²) >= 11 is 0. The summed E-state index contributed by atoms with van der Waals surface area (Å²) in [6.07, 6.45) is 0. The summed E-state index contributed by atoms with van der Waals surface area (Å²) in [6.45, 7) is 0. The van der Waals surface area contributed by atoms with Crippen molar-refractivity contribution < 1.29 is 31.6 Å². The van der Waals surface area contributed by atoms with Gasteiger partial charge in [-0.3, -0.25) is 10.1 Å². The van der Waals surface area contributed by atoms with Crippen LogP contribution in [0.2, 0.25) is 0 Å². The molecule has 118 valence electrons. The Morgan fingerprint density at radius 3 is 2.09 bits per heavy atom. The van der Waals surface area contributed by atoms with Crippen LogP contribution in [-0.2, 0) is 4.74 Å². The Balaban J connectivity index is 2.85. The molecule has 0 saturated heterocycles. The van der Waals surface area contributed by atoms with Crippen molar-refractivity contribution in [2.45, 2.75) is 11.6 Å². The van der Waals surface area contributed by atoms with E-state index in [0.29, 0.717) is 7.11 Å². The van der Waals surface area contributed by atoms with E-state index in [4.69, 9.17) is 0 Å². The number of hydrogen-bond acceptors (Lipinski definition) is 3. The van der Waals surface area contributed by atoms with Gasteiger partial charge in [-0.15, -0.1) is 0 Å². The summed E-state index contributed by atoms with van der Waals surface area (Å²) in [7, 11) is 0.353. The Labute approximate surface area is 120 Å². The number of nitro groups is 1. The minimum absolute atomic E-state index is 0.353. The largest absolute Gasteiger partial charge is 0.476 e. The molecule has 9 heteroatoms. The van der Waals surface area contributed by atoms with Crippen molar-refractivity contribution in [2.75, 3.05) is 7.11 Å². The molecule has 0 aliphatic heterocycles. The van der Waals surface area contributed by atoms with Crippen LogP contribution in [0.3, 0.4) is 0 Å². The average molecular weight is 321 g/mol. The number of halogens is 5. The Morgan fingerprint density at radius 2 is 1.64 bits per heavy atom. The van der Waals surface area contributed by atoms with Crippen LogP contribution in [-0.4, -0.2) is 23.7 Å². The monoisotopic (exact) mass is 321 g/mol. The zero-order valence-corrected chi connectivity index (χ0v) is 10.9. The van der Waals surface area contributed by atoms with Gasteiger partial charge in [0.1, 0.15) is 0 Å². The summed E-state index contributed by atoms with van der Waals surface area (Å²) in [4.78, 5) is 8.77. The lowest BCUT2D eigenvalue weighted by Crippen LogP contribution is -2.57. The lowest BCUT2D eigenvalue weighted by molar-refractivity contribution is -0.630. The third-order valence-corrected chi connectivity index (χ3v) is 3.23. The first-order valence-electron chi connectivity index (χ1n) is 5.81. The van der Waals surface area contributed by atoms with E-state index in [2.05, 4.69) is 4.74 Å².